The maximum absolute atomic E-state index is 5.28. The number of nitrogens with one attached hydrogen (secondary N) is 1. The Morgan fingerprint density at radius 1 is 1.33 bits per heavy atom. The van der Waals surface area contributed by atoms with Gasteiger partial charge in [0.2, 0.25) is 5.88 Å². The van der Waals surface area contributed by atoms with Gasteiger partial charge in [-0.3, -0.25) is 0 Å². The van der Waals surface area contributed by atoms with Gasteiger partial charge >= 0.3 is 0 Å². The molecule has 0 aliphatic rings. The van der Waals surface area contributed by atoms with Crippen LogP contribution in [-0.2, 0) is 0 Å². The first-order valence-corrected chi connectivity index (χ1v) is 4.76. The number of nitrogens with zero attached hydrogens (tertiary/aromatic N) is 3. The van der Waals surface area contributed by atoms with Crippen molar-refractivity contribution in [2.45, 2.75) is 13.8 Å². The Balaban J connectivity index is 2.32. The van der Waals surface area contributed by atoms with Gasteiger partial charge in [-0.15, -0.1) is 0 Å². The van der Waals surface area contributed by atoms with Crippen molar-refractivity contribution < 1.29 is 4.74 Å². The molecule has 15 heavy (non-hydrogen) atoms. The van der Waals surface area contributed by atoms with Crippen molar-refractivity contribution in [2.75, 3.05) is 6.61 Å². The van der Waals surface area contributed by atoms with E-state index in [2.05, 4.69) is 19.9 Å². The first-order chi connectivity index (χ1) is 7.29. The van der Waals surface area contributed by atoms with Crippen LogP contribution in [0.1, 0.15) is 12.6 Å². The topological polar surface area (TPSA) is 63.7 Å². The minimum atomic E-state index is 0.566. The zero-order valence-corrected chi connectivity index (χ0v) is 8.69. The van der Waals surface area contributed by atoms with Gasteiger partial charge in [-0.2, -0.15) is 0 Å². The monoisotopic (exact) mass is 204 g/mol. The standard InChI is InChI=1S/C10H12N4O/c1-3-15-9-4-8(12-6-13-9)10-11-5-7(2)14-10/h4-6H,3H2,1-2H3,(H,11,14). The van der Waals surface area contributed by atoms with E-state index in [1.165, 1.54) is 6.33 Å². The molecule has 0 aromatic carbocycles. The molecule has 2 aromatic rings. The second kappa shape index (κ2) is 4.08. The molecule has 5 heteroatoms. The molecule has 0 radical (unpaired) electrons. The van der Waals surface area contributed by atoms with E-state index in [9.17, 15) is 0 Å². The summed E-state index contributed by atoms with van der Waals surface area (Å²) >= 11 is 0. The van der Waals surface area contributed by atoms with Crippen molar-refractivity contribution in [1.29, 1.82) is 0 Å². The van der Waals surface area contributed by atoms with Crippen LogP contribution in [0.5, 0.6) is 5.88 Å². The molecule has 2 heterocycles. The lowest BCUT2D eigenvalue weighted by molar-refractivity contribution is 0.326. The SMILES string of the molecule is CCOc1cc(-c2ncc(C)[nH]2)ncn1. The van der Waals surface area contributed by atoms with E-state index >= 15 is 0 Å². The van der Waals surface area contributed by atoms with E-state index in [0.717, 1.165) is 17.2 Å². The maximum atomic E-state index is 5.28. The van der Waals surface area contributed by atoms with Gasteiger partial charge in [-0.1, -0.05) is 0 Å². The maximum Gasteiger partial charge on any atom is 0.217 e. The predicted octanol–water partition coefficient (Wildman–Crippen LogP) is 1.57. The molecule has 0 saturated carbocycles. The lowest BCUT2D eigenvalue weighted by atomic mass is 10.4. The van der Waals surface area contributed by atoms with Crippen molar-refractivity contribution in [3.63, 3.8) is 0 Å². The average Bonchev–Trinajstić information content (AvgIpc) is 2.66. The number of H-pyrrole nitrogens is 1. The second-order valence-electron chi connectivity index (χ2n) is 3.09. The van der Waals surface area contributed by atoms with Crippen LogP contribution in [0.25, 0.3) is 11.5 Å². The van der Waals surface area contributed by atoms with E-state index in [-0.39, 0.29) is 0 Å². The van der Waals surface area contributed by atoms with Crippen molar-refractivity contribution in [3.05, 3.63) is 24.3 Å². The van der Waals surface area contributed by atoms with Gasteiger partial charge < -0.3 is 9.72 Å². The van der Waals surface area contributed by atoms with Crippen molar-refractivity contribution in [3.8, 4) is 17.4 Å². The van der Waals surface area contributed by atoms with E-state index in [0.29, 0.717) is 12.5 Å². The quantitative estimate of drug-likeness (QED) is 0.824. The van der Waals surface area contributed by atoms with Crippen molar-refractivity contribution in [2.24, 2.45) is 0 Å². The minimum Gasteiger partial charge on any atom is -0.478 e. The van der Waals surface area contributed by atoms with Gasteiger partial charge in [0.1, 0.15) is 12.0 Å². The molecule has 0 atom stereocenters. The van der Waals surface area contributed by atoms with Gasteiger partial charge in [-0.05, 0) is 13.8 Å². The van der Waals surface area contributed by atoms with Crippen molar-refractivity contribution in [1.82, 2.24) is 19.9 Å². The summed E-state index contributed by atoms with van der Waals surface area (Å²) in [5, 5.41) is 0. The number of aromatic nitrogens is 4. The molecule has 0 amide bonds. The Kier molecular flexibility index (Phi) is 2.62. The number of hydrogen-bond acceptors (Lipinski definition) is 4. The predicted molar refractivity (Wildman–Crippen MR) is 55.5 cm³/mol. The zero-order chi connectivity index (χ0) is 10.7. The second-order valence-corrected chi connectivity index (χ2v) is 3.09. The van der Waals surface area contributed by atoms with E-state index in [1.54, 1.807) is 12.3 Å². The Morgan fingerprint density at radius 2 is 2.20 bits per heavy atom. The van der Waals surface area contributed by atoms with Crippen LogP contribution in [0.3, 0.4) is 0 Å². The zero-order valence-electron chi connectivity index (χ0n) is 8.69. The van der Waals surface area contributed by atoms with Gasteiger partial charge in [0.15, 0.2) is 5.82 Å². The largest absolute Gasteiger partial charge is 0.478 e. The number of rotatable bonds is 3. The highest BCUT2D eigenvalue weighted by atomic mass is 16.5. The molecule has 0 bridgehead atoms. The fourth-order valence-corrected chi connectivity index (χ4v) is 1.24. The highest BCUT2D eigenvalue weighted by Gasteiger charge is 2.05. The molecule has 0 unspecified atom stereocenters. The summed E-state index contributed by atoms with van der Waals surface area (Å²) in [5.41, 5.74) is 1.74. The van der Waals surface area contributed by atoms with Crippen molar-refractivity contribution >= 4 is 0 Å². The first kappa shape index (κ1) is 9.64. The fourth-order valence-electron chi connectivity index (χ4n) is 1.24. The van der Waals surface area contributed by atoms with Crippen LogP contribution in [0.4, 0.5) is 0 Å². The van der Waals surface area contributed by atoms with Crippen LogP contribution in [-0.4, -0.2) is 26.5 Å². The van der Waals surface area contributed by atoms with E-state index in [4.69, 9.17) is 4.74 Å². The molecule has 0 spiro atoms. The van der Waals surface area contributed by atoms with Crippen LogP contribution >= 0.6 is 0 Å². The summed E-state index contributed by atoms with van der Waals surface area (Å²) in [7, 11) is 0. The molecule has 78 valence electrons. The molecule has 0 saturated heterocycles. The summed E-state index contributed by atoms with van der Waals surface area (Å²) in [4.78, 5) is 15.4. The van der Waals surface area contributed by atoms with Gasteiger partial charge in [0.05, 0.1) is 6.61 Å². The lowest BCUT2D eigenvalue weighted by Crippen LogP contribution is -1.96. The van der Waals surface area contributed by atoms with Crippen LogP contribution in [0.15, 0.2) is 18.6 Å². The lowest BCUT2D eigenvalue weighted by Gasteiger charge is -2.01. The fraction of sp³-hybridized carbons (Fsp3) is 0.300. The Labute approximate surface area is 87.6 Å². The van der Waals surface area contributed by atoms with E-state index < -0.39 is 0 Å². The Bertz CT molecular complexity index is 452. The molecule has 1 N–H and O–H groups in total. The molecule has 2 aromatic heterocycles. The van der Waals surface area contributed by atoms with Gasteiger partial charge in [0, 0.05) is 18.0 Å². The highest BCUT2D eigenvalue weighted by molar-refractivity contribution is 5.50. The Morgan fingerprint density at radius 3 is 2.87 bits per heavy atom. The molecule has 0 aliphatic heterocycles. The van der Waals surface area contributed by atoms with E-state index in [1.807, 2.05) is 13.8 Å². The van der Waals surface area contributed by atoms with Gasteiger partial charge in [0.25, 0.3) is 0 Å². The molecular formula is C10H12N4O. The summed E-state index contributed by atoms with van der Waals surface area (Å²) in [6, 6.07) is 1.77. The summed E-state index contributed by atoms with van der Waals surface area (Å²) < 4.78 is 5.28. The third-order valence-corrected chi connectivity index (χ3v) is 1.88. The smallest absolute Gasteiger partial charge is 0.217 e. The van der Waals surface area contributed by atoms with Crippen LogP contribution in [0.2, 0.25) is 0 Å². The minimum absolute atomic E-state index is 0.566. The van der Waals surface area contributed by atoms with Crippen LogP contribution < -0.4 is 4.74 Å². The third kappa shape index (κ3) is 2.12. The number of aryl methyl sites for hydroxylation is 1. The Hall–Kier alpha value is -1.91. The number of aromatic amines is 1. The molecular weight excluding hydrogens is 192 g/mol. The highest BCUT2D eigenvalue weighted by Crippen LogP contribution is 2.16. The normalized spacial score (nSPS) is 10.3. The van der Waals surface area contributed by atoms with Crippen LogP contribution in [0, 0.1) is 6.92 Å². The number of imidazole rings is 1. The summed E-state index contributed by atoms with van der Waals surface area (Å²) in [5.74, 6) is 1.30. The molecule has 5 nitrogen and oxygen atoms in total. The first-order valence-electron chi connectivity index (χ1n) is 4.76. The molecule has 0 aliphatic carbocycles. The average molecular weight is 204 g/mol. The summed E-state index contributed by atoms with van der Waals surface area (Å²) in [6.07, 6.45) is 3.23. The number of ether oxygens (including phenoxy) is 1. The molecule has 2 rings (SSSR count). The third-order valence-electron chi connectivity index (χ3n) is 1.88. The summed E-state index contributed by atoms with van der Waals surface area (Å²) in [6.45, 7) is 4.45. The molecule has 0 fully saturated rings. The van der Waals surface area contributed by atoms with Gasteiger partial charge in [-0.25, -0.2) is 15.0 Å². The number of hydrogen-bond donors (Lipinski definition) is 1.